The van der Waals surface area contributed by atoms with Gasteiger partial charge in [-0.05, 0) is 60.6 Å². The van der Waals surface area contributed by atoms with E-state index >= 15 is 0 Å². The average Bonchev–Trinajstić information content (AvgIpc) is 3.06. The predicted molar refractivity (Wildman–Crippen MR) is 124 cm³/mol. The van der Waals surface area contributed by atoms with Crippen LogP contribution in [-0.4, -0.2) is 31.3 Å². The van der Waals surface area contributed by atoms with Crippen molar-refractivity contribution in [1.82, 2.24) is 5.32 Å². The Kier molecular flexibility index (Phi) is 6.91. The lowest BCUT2D eigenvalue weighted by atomic mass is 9.70. The van der Waals surface area contributed by atoms with Crippen LogP contribution in [0.15, 0.2) is 30.9 Å². The number of allylic oxidation sites excluding steroid dienone is 1. The Bertz CT molecular complexity index is 877. The molecule has 2 bridgehead atoms. The van der Waals surface area contributed by atoms with Gasteiger partial charge in [0.2, 0.25) is 0 Å². The Morgan fingerprint density at radius 2 is 1.97 bits per heavy atom. The summed E-state index contributed by atoms with van der Waals surface area (Å²) in [5.74, 6) is 0.750. The lowest BCUT2D eigenvalue weighted by Gasteiger charge is -2.39. The molecule has 2 fully saturated rings. The summed E-state index contributed by atoms with van der Waals surface area (Å²) in [7, 11) is 1.52. The number of benzene rings is 1. The summed E-state index contributed by atoms with van der Waals surface area (Å²) in [6.07, 6.45) is 4.77. The van der Waals surface area contributed by atoms with Crippen LogP contribution in [0.1, 0.15) is 59.4 Å². The molecule has 2 aliphatic rings. The molecule has 6 heteroatoms. The number of carbonyl (C=O) groups excluding carboxylic acids is 2. The third-order valence-electron chi connectivity index (χ3n) is 7.98. The van der Waals surface area contributed by atoms with Crippen LogP contribution in [0.3, 0.4) is 0 Å². The fourth-order valence-corrected chi connectivity index (χ4v) is 5.37. The highest BCUT2D eigenvalue weighted by Gasteiger charge is 2.63. The van der Waals surface area contributed by atoms with Crippen molar-refractivity contribution in [3.05, 3.63) is 36.4 Å². The molecule has 3 unspecified atom stereocenters. The highest BCUT2D eigenvalue weighted by atomic mass is 16.6. The number of hydrogen-bond acceptors (Lipinski definition) is 5. The van der Waals surface area contributed by atoms with E-state index in [4.69, 9.17) is 14.2 Å². The fraction of sp³-hybridized carbons (Fsp3) is 0.615. The van der Waals surface area contributed by atoms with E-state index in [-0.39, 0.29) is 28.6 Å². The summed E-state index contributed by atoms with van der Waals surface area (Å²) >= 11 is 0. The first-order chi connectivity index (χ1) is 15.0. The molecular weight excluding hydrogens is 406 g/mol. The third-order valence-corrected chi connectivity index (χ3v) is 7.98. The topological polar surface area (TPSA) is 73.9 Å². The SMILES string of the molecule is C=CCc1ccc(OC(=O)N[C@@H](C(=O)OC2CC3CCC2(C)C3(C)C)C(C)C)c(OC)c1. The average molecular weight is 444 g/mol. The van der Waals surface area contributed by atoms with Crippen molar-refractivity contribution in [3.63, 3.8) is 0 Å². The Labute approximate surface area is 191 Å². The van der Waals surface area contributed by atoms with Gasteiger partial charge in [-0.3, -0.25) is 0 Å². The van der Waals surface area contributed by atoms with Crippen LogP contribution in [0.5, 0.6) is 11.5 Å². The van der Waals surface area contributed by atoms with Crippen molar-refractivity contribution < 1.29 is 23.8 Å². The fourth-order valence-electron chi connectivity index (χ4n) is 5.37. The van der Waals surface area contributed by atoms with Gasteiger partial charge in [-0.2, -0.15) is 0 Å². The first-order valence-corrected chi connectivity index (χ1v) is 11.5. The Hall–Kier alpha value is -2.50. The van der Waals surface area contributed by atoms with Gasteiger partial charge in [0.1, 0.15) is 12.1 Å². The second-order valence-corrected chi connectivity index (χ2v) is 10.3. The lowest BCUT2D eigenvalue weighted by Crippen LogP contribution is -2.49. The zero-order chi connectivity index (χ0) is 23.7. The number of ether oxygens (including phenoxy) is 3. The Morgan fingerprint density at radius 1 is 1.25 bits per heavy atom. The molecule has 2 aliphatic carbocycles. The lowest BCUT2D eigenvalue weighted by molar-refractivity contribution is -0.160. The molecule has 6 nitrogen and oxygen atoms in total. The summed E-state index contributed by atoms with van der Waals surface area (Å²) in [6, 6.07) is 4.53. The van der Waals surface area contributed by atoms with Crippen LogP contribution in [0.4, 0.5) is 4.79 Å². The van der Waals surface area contributed by atoms with Crippen molar-refractivity contribution in [2.24, 2.45) is 22.7 Å². The monoisotopic (exact) mass is 443 g/mol. The number of nitrogens with one attached hydrogen (secondary N) is 1. The smallest absolute Gasteiger partial charge is 0.413 e. The van der Waals surface area contributed by atoms with Gasteiger partial charge < -0.3 is 19.5 Å². The molecule has 1 N–H and O–H groups in total. The molecule has 0 heterocycles. The van der Waals surface area contributed by atoms with Crippen molar-refractivity contribution in [1.29, 1.82) is 0 Å². The maximum Gasteiger partial charge on any atom is 0.413 e. The Morgan fingerprint density at radius 3 is 2.50 bits per heavy atom. The normalized spacial score (nSPS) is 26.5. The molecule has 0 saturated heterocycles. The van der Waals surface area contributed by atoms with E-state index < -0.39 is 18.1 Å². The number of esters is 1. The van der Waals surface area contributed by atoms with Gasteiger partial charge in [0.05, 0.1) is 7.11 Å². The Balaban J connectivity index is 1.66. The number of methoxy groups -OCH3 is 1. The standard InChI is InChI=1S/C26H37NO5/c1-8-9-17-10-11-19(20(14-17)30-7)31-24(29)27-22(16(2)3)23(28)32-21-15-18-12-13-26(21,6)25(18,4)5/h8,10-11,14,16,18,21-22H,1,9,12-13,15H2,2-7H3,(H,27,29)/t18?,21?,22-,26?/m1/s1. The van der Waals surface area contributed by atoms with Crippen LogP contribution < -0.4 is 14.8 Å². The minimum atomic E-state index is -0.792. The van der Waals surface area contributed by atoms with E-state index in [2.05, 4.69) is 32.7 Å². The summed E-state index contributed by atoms with van der Waals surface area (Å²) in [5, 5.41) is 2.70. The van der Waals surface area contributed by atoms with Gasteiger partial charge >= 0.3 is 12.1 Å². The molecule has 0 aliphatic heterocycles. The van der Waals surface area contributed by atoms with Gasteiger partial charge in [-0.15, -0.1) is 6.58 Å². The maximum absolute atomic E-state index is 13.1. The molecule has 0 spiro atoms. The van der Waals surface area contributed by atoms with Crippen LogP contribution in [0.25, 0.3) is 0 Å². The quantitative estimate of drug-likeness (QED) is 0.436. The molecular formula is C26H37NO5. The third kappa shape index (κ3) is 4.37. The number of carbonyl (C=O) groups is 2. The molecule has 32 heavy (non-hydrogen) atoms. The molecule has 176 valence electrons. The van der Waals surface area contributed by atoms with Gasteiger partial charge in [0.25, 0.3) is 0 Å². The number of hydrogen-bond donors (Lipinski definition) is 1. The van der Waals surface area contributed by atoms with E-state index in [0.717, 1.165) is 18.4 Å². The predicted octanol–water partition coefficient (Wildman–Crippen LogP) is 5.29. The molecule has 3 rings (SSSR count). The van der Waals surface area contributed by atoms with E-state index in [1.165, 1.54) is 13.5 Å². The number of amides is 1. The van der Waals surface area contributed by atoms with Crippen molar-refractivity contribution in [3.8, 4) is 11.5 Å². The first-order valence-electron chi connectivity index (χ1n) is 11.5. The van der Waals surface area contributed by atoms with E-state index in [9.17, 15) is 9.59 Å². The van der Waals surface area contributed by atoms with Gasteiger partial charge in [0.15, 0.2) is 11.5 Å². The molecule has 1 aromatic carbocycles. The summed E-state index contributed by atoms with van der Waals surface area (Å²) in [6.45, 7) is 14.3. The van der Waals surface area contributed by atoms with Gasteiger partial charge in [-0.25, -0.2) is 9.59 Å². The van der Waals surface area contributed by atoms with Crippen LogP contribution in [0, 0.1) is 22.7 Å². The largest absolute Gasteiger partial charge is 0.493 e. The van der Waals surface area contributed by atoms with E-state index in [0.29, 0.717) is 18.1 Å². The molecule has 0 radical (unpaired) electrons. The zero-order valence-corrected chi connectivity index (χ0v) is 20.2. The molecule has 2 saturated carbocycles. The highest BCUT2D eigenvalue weighted by molar-refractivity contribution is 5.82. The number of rotatable bonds is 8. The van der Waals surface area contributed by atoms with Crippen molar-refractivity contribution in [2.75, 3.05) is 7.11 Å². The second kappa shape index (κ2) is 9.16. The molecule has 0 aromatic heterocycles. The van der Waals surface area contributed by atoms with Crippen LogP contribution >= 0.6 is 0 Å². The molecule has 1 amide bonds. The van der Waals surface area contributed by atoms with Crippen LogP contribution in [-0.2, 0) is 16.0 Å². The minimum absolute atomic E-state index is 0.0318. The first kappa shape index (κ1) is 24.1. The van der Waals surface area contributed by atoms with Gasteiger partial charge in [-0.1, -0.05) is 46.8 Å². The molecule has 4 atom stereocenters. The zero-order valence-electron chi connectivity index (χ0n) is 20.2. The van der Waals surface area contributed by atoms with Crippen molar-refractivity contribution >= 4 is 12.1 Å². The maximum atomic E-state index is 13.1. The summed E-state index contributed by atoms with van der Waals surface area (Å²) < 4.78 is 16.8. The van der Waals surface area contributed by atoms with E-state index in [1.807, 2.05) is 19.9 Å². The van der Waals surface area contributed by atoms with Crippen molar-refractivity contribution in [2.45, 2.75) is 72.4 Å². The highest BCUT2D eigenvalue weighted by Crippen LogP contribution is 2.66. The second-order valence-electron chi connectivity index (χ2n) is 10.3. The van der Waals surface area contributed by atoms with E-state index in [1.54, 1.807) is 18.2 Å². The summed E-state index contributed by atoms with van der Waals surface area (Å²) in [5.41, 5.74) is 1.11. The van der Waals surface area contributed by atoms with Crippen LogP contribution in [0.2, 0.25) is 0 Å². The summed E-state index contributed by atoms with van der Waals surface area (Å²) in [4.78, 5) is 25.7. The van der Waals surface area contributed by atoms with Gasteiger partial charge in [0, 0.05) is 5.41 Å². The minimum Gasteiger partial charge on any atom is -0.493 e. The number of fused-ring (bicyclic) bond motifs is 2. The molecule has 1 aromatic rings.